The van der Waals surface area contributed by atoms with E-state index in [1.165, 1.54) is 24.3 Å². The van der Waals surface area contributed by atoms with Crippen LogP contribution in [0.2, 0.25) is 10.0 Å². The average Bonchev–Trinajstić information content (AvgIpc) is 2.99. The van der Waals surface area contributed by atoms with Crippen molar-refractivity contribution < 1.29 is 13.6 Å². The highest BCUT2D eigenvalue weighted by molar-refractivity contribution is 6.31. The number of carbonyl (C=O) groups excluding carboxylic acids is 1. The van der Waals surface area contributed by atoms with Crippen LogP contribution in [-0.4, -0.2) is 19.0 Å². The molecule has 7 heteroatoms. The van der Waals surface area contributed by atoms with Crippen LogP contribution in [0.15, 0.2) is 30.3 Å². The number of halogens is 4. The Hall–Kier alpha value is -1.69. The van der Waals surface area contributed by atoms with Crippen molar-refractivity contribution in [2.24, 2.45) is 5.73 Å². The first-order valence-electron chi connectivity index (χ1n) is 7.69. The van der Waals surface area contributed by atoms with Gasteiger partial charge < -0.3 is 11.1 Å². The number of benzene rings is 2. The summed E-state index contributed by atoms with van der Waals surface area (Å²) in [6.07, 6.45) is 0. The molecule has 1 aliphatic rings. The Balaban J connectivity index is 2.21. The van der Waals surface area contributed by atoms with E-state index in [2.05, 4.69) is 5.32 Å². The van der Waals surface area contributed by atoms with Gasteiger partial charge in [-0.05, 0) is 47.9 Å². The molecule has 3 nitrogen and oxygen atoms in total. The monoisotopic (exact) mass is 384 g/mol. The molecule has 0 aliphatic carbocycles. The van der Waals surface area contributed by atoms with E-state index in [1.54, 1.807) is 13.0 Å². The number of amides is 1. The summed E-state index contributed by atoms with van der Waals surface area (Å²) in [5.74, 6) is -2.17. The molecule has 2 atom stereocenters. The molecule has 1 amide bonds. The van der Waals surface area contributed by atoms with Crippen molar-refractivity contribution in [2.45, 2.75) is 18.3 Å². The topological polar surface area (TPSA) is 55.1 Å². The van der Waals surface area contributed by atoms with Gasteiger partial charge in [0.15, 0.2) is 0 Å². The van der Waals surface area contributed by atoms with Crippen molar-refractivity contribution >= 4 is 29.1 Å². The summed E-state index contributed by atoms with van der Waals surface area (Å²) in [7, 11) is 0. The number of hydrogen-bond acceptors (Lipinski definition) is 2. The van der Waals surface area contributed by atoms with Crippen molar-refractivity contribution in [3.8, 4) is 0 Å². The maximum absolute atomic E-state index is 14.1. The minimum absolute atomic E-state index is 0.0202. The number of nitrogens with two attached hydrogens (primary N) is 1. The molecule has 0 radical (unpaired) electrons. The molecule has 1 heterocycles. The van der Waals surface area contributed by atoms with Crippen LogP contribution in [0, 0.1) is 18.6 Å². The molecule has 2 aromatic carbocycles. The fourth-order valence-electron chi connectivity index (χ4n) is 3.64. The molecule has 1 aliphatic heterocycles. The van der Waals surface area contributed by atoms with Gasteiger partial charge in [-0.3, -0.25) is 4.79 Å². The molecule has 0 bridgehead atoms. The standard InChI is InChI=1S/C18H16Cl2F2N2O/c1-9-4-13(19)16(22)6-11(9)18(17(23)25)8-24-7-12(18)10-2-3-15(21)14(20)5-10/h2-6,12,24H,7-8H2,1H3,(H2,23,25)/t12-,18-/m1/s1. The van der Waals surface area contributed by atoms with Crippen LogP contribution >= 0.6 is 23.2 Å². The predicted octanol–water partition coefficient (Wildman–Crippen LogP) is 3.69. The summed E-state index contributed by atoms with van der Waals surface area (Å²) < 4.78 is 27.6. The minimum Gasteiger partial charge on any atom is -0.369 e. The zero-order chi connectivity index (χ0) is 18.4. The Morgan fingerprint density at radius 3 is 2.52 bits per heavy atom. The SMILES string of the molecule is Cc1cc(Cl)c(F)cc1[C@]1(C(N)=O)CNC[C@@H]1c1ccc(F)c(Cl)c1. The van der Waals surface area contributed by atoms with E-state index in [1.807, 2.05) is 0 Å². The average molecular weight is 385 g/mol. The summed E-state index contributed by atoms with van der Waals surface area (Å²) in [6, 6.07) is 7.03. The maximum Gasteiger partial charge on any atom is 0.230 e. The maximum atomic E-state index is 14.1. The molecule has 1 fully saturated rings. The molecule has 25 heavy (non-hydrogen) atoms. The van der Waals surface area contributed by atoms with Gasteiger partial charge in [-0.25, -0.2) is 8.78 Å². The first-order valence-corrected chi connectivity index (χ1v) is 8.44. The molecular formula is C18H16Cl2F2N2O. The Bertz CT molecular complexity index is 859. The first-order chi connectivity index (χ1) is 11.8. The van der Waals surface area contributed by atoms with Crippen LogP contribution in [0.4, 0.5) is 8.78 Å². The summed E-state index contributed by atoms with van der Waals surface area (Å²) >= 11 is 11.7. The number of aryl methyl sites for hydroxylation is 1. The van der Waals surface area contributed by atoms with Gasteiger partial charge in [-0.15, -0.1) is 0 Å². The molecule has 2 aromatic rings. The Morgan fingerprint density at radius 1 is 1.20 bits per heavy atom. The second-order valence-corrected chi connectivity index (χ2v) is 7.09. The van der Waals surface area contributed by atoms with E-state index in [9.17, 15) is 13.6 Å². The van der Waals surface area contributed by atoms with Gasteiger partial charge in [0.1, 0.15) is 11.6 Å². The minimum atomic E-state index is -1.18. The van der Waals surface area contributed by atoms with Crippen molar-refractivity contribution in [1.82, 2.24) is 5.32 Å². The van der Waals surface area contributed by atoms with Gasteiger partial charge in [-0.1, -0.05) is 29.3 Å². The summed E-state index contributed by atoms with van der Waals surface area (Å²) in [6.45, 7) is 2.41. The van der Waals surface area contributed by atoms with Crippen molar-refractivity contribution in [3.63, 3.8) is 0 Å². The second kappa shape index (κ2) is 6.56. The molecule has 3 N–H and O–H groups in total. The molecule has 0 aromatic heterocycles. The van der Waals surface area contributed by atoms with Crippen LogP contribution < -0.4 is 11.1 Å². The lowest BCUT2D eigenvalue weighted by Crippen LogP contribution is -2.47. The van der Waals surface area contributed by atoms with E-state index >= 15 is 0 Å². The smallest absolute Gasteiger partial charge is 0.230 e. The van der Waals surface area contributed by atoms with E-state index < -0.39 is 28.9 Å². The summed E-state index contributed by atoms with van der Waals surface area (Å²) in [4.78, 5) is 12.5. The third-order valence-electron chi connectivity index (χ3n) is 4.88. The first kappa shape index (κ1) is 18.1. The second-order valence-electron chi connectivity index (χ2n) is 6.27. The van der Waals surface area contributed by atoms with E-state index in [0.717, 1.165) is 0 Å². The number of primary amides is 1. The van der Waals surface area contributed by atoms with Crippen molar-refractivity contribution in [3.05, 3.63) is 68.7 Å². The predicted molar refractivity (Wildman–Crippen MR) is 94.0 cm³/mol. The summed E-state index contributed by atoms with van der Waals surface area (Å²) in [5.41, 5.74) is 6.38. The highest BCUT2D eigenvalue weighted by atomic mass is 35.5. The largest absolute Gasteiger partial charge is 0.369 e. The number of rotatable bonds is 3. The zero-order valence-corrected chi connectivity index (χ0v) is 14.9. The lowest BCUT2D eigenvalue weighted by molar-refractivity contribution is -0.123. The van der Waals surface area contributed by atoms with Crippen molar-refractivity contribution in [1.29, 1.82) is 0 Å². The molecule has 1 saturated heterocycles. The van der Waals surface area contributed by atoms with E-state index in [-0.39, 0.29) is 16.6 Å². The summed E-state index contributed by atoms with van der Waals surface area (Å²) in [5, 5.41) is 3.08. The number of hydrogen-bond donors (Lipinski definition) is 2. The third kappa shape index (κ3) is 2.90. The van der Waals surface area contributed by atoms with Crippen LogP contribution in [0.3, 0.4) is 0 Å². The van der Waals surface area contributed by atoms with Gasteiger partial charge in [0.2, 0.25) is 5.91 Å². The lowest BCUT2D eigenvalue weighted by atomic mass is 9.68. The fourth-order valence-corrected chi connectivity index (χ4v) is 4.05. The van der Waals surface area contributed by atoms with Crippen LogP contribution in [0.1, 0.15) is 22.6 Å². The van der Waals surface area contributed by atoms with E-state index in [4.69, 9.17) is 28.9 Å². The van der Waals surface area contributed by atoms with Crippen LogP contribution in [0.25, 0.3) is 0 Å². The number of nitrogens with one attached hydrogen (secondary N) is 1. The van der Waals surface area contributed by atoms with Gasteiger partial charge in [0, 0.05) is 19.0 Å². The molecule has 132 valence electrons. The van der Waals surface area contributed by atoms with E-state index in [0.29, 0.717) is 23.2 Å². The molecule has 0 unspecified atom stereocenters. The number of carbonyl (C=O) groups is 1. The van der Waals surface area contributed by atoms with Gasteiger partial charge >= 0.3 is 0 Å². The quantitative estimate of drug-likeness (QED) is 0.847. The van der Waals surface area contributed by atoms with Crippen molar-refractivity contribution in [2.75, 3.05) is 13.1 Å². The molecule has 0 saturated carbocycles. The molecular weight excluding hydrogens is 369 g/mol. The van der Waals surface area contributed by atoms with Gasteiger partial charge in [-0.2, -0.15) is 0 Å². The van der Waals surface area contributed by atoms with Gasteiger partial charge in [0.05, 0.1) is 15.5 Å². The van der Waals surface area contributed by atoms with Gasteiger partial charge in [0.25, 0.3) is 0 Å². The third-order valence-corrected chi connectivity index (χ3v) is 5.46. The Kier molecular flexibility index (Phi) is 4.75. The Morgan fingerprint density at radius 2 is 1.88 bits per heavy atom. The highest BCUT2D eigenvalue weighted by Crippen LogP contribution is 2.44. The molecule has 0 spiro atoms. The fraction of sp³-hybridized carbons (Fsp3) is 0.278. The highest BCUT2D eigenvalue weighted by Gasteiger charge is 2.51. The lowest BCUT2D eigenvalue weighted by Gasteiger charge is -2.34. The van der Waals surface area contributed by atoms with Crippen LogP contribution in [0.5, 0.6) is 0 Å². The normalized spacial score (nSPS) is 23.0. The zero-order valence-electron chi connectivity index (χ0n) is 13.4. The van der Waals surface area contributed by atoms with Crippen LogP contribution in [-0.2, 0) is 10.2 Å². The molecule has 3 rings (SSSR count). The Labute approximate surface area is 154 Å².